The van der Waals surface area contributed by atoms with E-state index in [1.54, 1.807) is 12.1 Å². The van der Waals surface area contributed by atoms with Gasteiger partial charge < -0.3 is 10.2 Å². The Balaban J connectivity index is 2.28. The molecule has 2 rings (SSSR count). The Morgan fingerprint density at radius 1 is 1.29 bits per heavy atom. The molecule has 1 unspecified atom stereocenters. The lowest BCUT2D eigenvalue weighted by Crippen LogP contribution is -2.17. The molecule has 1 fully saturated rings. The minimum atomic E-state index is -0.0469. The van der Waals surface area contributed by atoms with Gasteiger partial charge in [-0.25, -0.2) is 0 Å². The number of benzene rings is 1. The molecule has 1 aromatic carbocycles. The Morgan fingerprint density at radius 3 is 2.64 bits per heavy atom. The lowest BCUT2D eigenvalue weighted by atomic mass is 10.0. The third-order valence-corrected chi connectivity index (χ3v) is 2.90. The van der Waals surface area contributed by atoms with Crippen LogP contribution in [0.2, 0.25) is 0 Å². The second kappa shape index (κ2) is 3.50. The standard InChI is InChI=1S/C11H15NO2/c1-12-6-2-3-9(12)8-4-5-10(13)11(14)7-8/h4-5,7,9,13-14H,2-3,6H2,1H3. The monoisotopic (exact) mass is 193 g/mol. The predicted octanol–water partition coefficient (Wildman–Crippen LogP) is 1.86. The number of hydrogen-bond donors (Lipinski definition) is 2. The van der Waals surface area contributed by atoms with Gasteiger partial charge in [-0.1, -0.05) is 6.07 Å². The maximum absolute atomic E-state index is 9.38. The van der Waals surface area contributed by atoms with Crippen LogP contribution in [0.4, 0.5) is 0 Å². The van der Waals surface area contributed by atoms with E-state index in [0.717, 1.165) is 18.5 Å². The zero-order chi connectivity index (χ0) is 10.1. The van der Waals surface area contributed by atoms with Crippen LogP contribution in [0.3, 0.4) is 0 Å². The van der Waals surface area contributed by atoms with E-state index < -0.39 is 0 Å². The lowest BCUT2D eigenvalue weighted by molar-refractivity contribution is 0.315. The van der Waals surface area contributed by atoms with Crippen molar-refractivity contribution in [3.63, 3.8) is 0 Å². The Labute approximate surface area is 83.6 Å². The first-order valence-corrected chi connectivity index (χ1v) is 4.90. The predicted molar refractivity (Wildman–Crippen MR) is 54.4 cm³/mol. The summed E-state index contributed by atoms with van der Waals surface area (Å²) in [5, 5.41) is 18.6. The molecular weight excluding hydrogens is 178 g/mol. The van der Waals surface area contributed by atoms with Crippen LogP contribution >= 0.6 is 0 Å². The molecule has 1 aromatic rings. The van der Waals surface area contributed by atoms with Crippen molar-refractivity contribution in [2.24, 2.45) is 0 Å². The van der Waals surface area contributed by atoms with Gasteiger partial charge in [0.15, 0.2) is 11.5 Å². The largest absolute Gasteiger partial charge is 0.504 e. The van der Waals surface area contributed by atoms with E-state index in [-0.39, 0.29) is 11.5 Å². The first-order valence-electron chi connectivity index (χ1n) is 4.90. The summed E-state index contributed by atoms with van der Waals surface area (Å²) in [7, 11) is 2.08. The maximum Gasteiger partial charge on any atom is 0.157 e. The summed E-state index contributed by atoms with van der Waals surface area (Å²) in [6.07, 6.45) is 2.32. The second-order valence-electron chi connectivity index (χ2n) is 3.89. The molecular formula is C11H15NO2. The molecule has 0 radical (unpaired) electrons. The molecule has 14 heavy (non-hydrogen) atoms. The number of phenols is 2. The zero-order valence-electron chi connectivity index (χ0n) is 8.27. The van der Waals surface area contributed by atoms with Crippen LogP contribution in [-0.2, 0) is 0 Å². The normalized spacial score (nSPS) is 22.8. The van der Waals surface area contributed by atoms with Gasteiger partial charge in [0.1, 0.15) is 0 Å². The van der Waals surface area contributed by atoms with E-state index in [0.29, 0.717) is 6.04 Å². The van der Waals surface area contributed by atoms with Crippen molar-refractivity contribution in [1.29, 1.82) is 0 Å². The lowest BCUT2D eigenvalue weighted by Gasteiger charge is -2.19. The molecule has 0 amide bonds. The van der Waals surface area contributed by atoms with E-state index in [4.69, 9.17) is 0 Å². The molecule has 0 saturated carbocycles. The van der Waals surface area contributed by atoms with Crippen molar-refractivity contribution >= 4 is 0 Å². The zero-order valence-corrected chi connectivity index (χ0v) is 8.27. The molecule has 2 N–H and O–H groups in total. The maximum atomic E-state index is 9.38. The highest BCUT2D eigenvalue weighted by Crippen LogP contribution is 2.34. The minimum Gasteiger partial charge on any atom is -0.504 e. The summed E-state index contributed by atoms with van der Waals surface area (Å²) in [6, 6.07) is 5.47. The highest BCUT2D eigenvalue weighted by Gasteiger charge is 2.22. The molecule has 1 aliphatic heterocycles. The SMILES string of the molecule is CN1CCCC1c1ccc(O)c(O)c1. The highest BCUT2D eigenvalue weighted by molar-refractivity contribution is 5.41. The quantitative estimate of drug-likeness (QED) is 0.669. The van der Waals surface area contributed by atoms with Crippen LogP contribution in [0.5, 0.6) is 11.5 Å². The molecule has 1 atom stereocenters. The van der Waals surface area contributed by atoms with Crippen LogP contribution in [0.25, 0.3) is 0 Å². The van der Waals surface area contributed by atoms with Gasteiger partial charge in [-0.15, -0.1) is 0 Å². The number of nitrogens with zero attached hydrogens (tertiary/aromatic N) is 1. The molecule has 3 nitrogen and oxygen atoms in total. The molecule has 1 aliphatic rings. The van der Waals surface area contributed by atoms with E-state index in [9.17, 15) is 10.2 Å². The summed E-state index contributed by atoms with van der Waals surface area (Å²) >= 11 is 0. The number of aromatic hydroxyl groups is 2. The van der Waals surface area contributed by atoms with Gasteiger partial charge in [-0.3, -0.25) is 4.90 Å². The van der Waals surface area contributed by atoms with E-state index in [2.05, 4.69) is 11.9 Å². The van der Waals surface area contributed by atoms with Crippen LogP contribution in [0.1, 0.15) is 24.4 Å². The number of phenolic OH excluding ortho intramolecular Hbond substituents is 2. The topological polar surface area (TPSA) is 43.7 Å². The summed E-state index contributed by atoms with van der Waals surface area (Å²) < 4.78 is 0. The van der Waals surface area contributed by atoms with Crippen LogP contribution in [0, 0.1) is 0 Å². The minimum absolute atomic E-state index is 0.0252. The van der Waals surface area contributed by atoms with E-state index in [1.165, 1.54) is 6.42 Å². The van der Waals surface area contributed by atoms with Crippen molar-refractivity contribution in [3.05, 3.63) is 23.8 Å². The Kier molecular flexibility index (Phi) is 2.33. The number of hydrogen-bond acceptors (Lipinski definition) is 3. The molecule has 1 heterocycles. The third kappa shape index (κ3) is 1.55. The van der Waals surface area contributed by atoms with Crippen molar-refractivity contribution in [2.75, 3.05) is 13.6 Å². The number of rotatable bonds is 1. The van der Waals surface area contributed by atoms with Crippen LogP contribution < -0.4 is 0 Å². The Hall–Kier alpha value is -1.22. The summed E-state index contributed by atoms with van der Waals surface area (Å²) in [5.41, 5.74) is 1.08. The average Bonchev–Trinajstić information content (AvgIpc) is 2.57. The highest BCUT2D eigenvalue weighted by atomic mass is 16.3. The first kappa shape index (κ1) is 9.34. The first-order chi connectivity index (χ1) is 6.68. The molecule has 76 valence electrons. The smallest absolute Gasteiger partial charge is 0.157 e. The van der Waals surface area contributed by atoms with Crippen LogP contribution in [-0.4, -0.2) is 28.7 Å². The van der Waals surface area contributed by atoms with Crippen molar-refractivity contribution in [3.8, 4) is 11.5 Å². The molecule has 0 bridgehead atoms. The van der Waals surface area contributed by atoms with Gasteiger partial charge in [-0.2, -0.15) is 0 Å². The fourth-order valence-corrected chi connectivity index (χ4v) is 2.08. The summed E-state index contributed by atoms with van der Waals surface area (Å²) in [6.45, 7) is 1.10. The average molecular weight is 193 g/mol. The van der Waals surface area contributed by atoms with Gasteiger partial charge in [-0.05, 0) is 44.1 Å². The van der Waals surface area contributed by atoms with Gasteiger partial charge >= 0.3 is 0 Å². The fraction of sp³-hybridized carbons (Fsp3) is 0.455. The van der Waals surface area contributed by atoms with E-state index >= 15 is 0 Å². The van der Waals surface area contributed by atoms with Gasteiger partial charge in [0, 0.05) is 6.04 Å². The second-order valence-corrected chi connectivity index (χ2v) is 3.89. The molecule has 0 aromatic heterocycles. The summed E-state index contributed by atoms with van der Waals surface area (Å²) in [4.78, 5) is 2.27. The Bertz CT molecular complexity index is 338. The Morgan fingerprint density at radius 2 is 2.07 bits per heavy atom. The van der Waals surface area contributed by atoms with Gasteiger partial charge in [0.2, 0.25) is 0 Å². The molecule has 1 saturated heterocycles. The molecule has 0 spiro atoms. The van der Waals surface area contributed by atoms with E-state index in [1.807, 2.05) is 6.07 Å². The van der Waals surface area contributed by atoms with Gasteiger partial charge in [0.25, 0.3) is 0 Å². The van der Waals surface area contributed by atoms with Crippen molar-refractivity contribution in [2.45, 2.75) is 18.9 Å². The van der Waals surface area contributed by atoms with Crippen LogP contribution in [0.15, 0.2) is 18.2 Å². The summed E-state index contributed by atoms with van der Waals surface area (Å²) in [5.74, 6) is -0.0720. The van der Waals surface area contributed by atoms with Gasteiger partial charge in [0.05, 0.1) is 0 Å². The van der Waals surface area contributed by atoms with Crippen molar-refractivity contribution < 1.29 is 10.2 Å². The number of likely N-dealkylation sites (tertiary alicyclic amines) is 1. The van der Waals surface area contributed by atoms with Crippen molar-refractivity contribution in [1.82, 2.24) is 4.90 Å². The fourth-order valence-electron chi connectivity index (χ4n) is 2.08. The molecule has 0 aliphatic carbocycles. The molecule has 3 heteroatoms. The third-order valence-electron chi connectivity index (χ3n) is 2.90.